The highest BCUT2D eigenvalue weighted by Crippen LogP contribution is 2.22. The van der Waals surface area contributed by atoms with Crippen molar-refractivity contribution in [3.05, 3.63) is 29.8 Å². The van der Waals surface area contributed by atoms with Gasteiger partial charge in [0.2, 0.25) is 0 Å². The van der Waals surface area contributed by atoms with Crippen molar-refractivity contribution in [2.45, 2.75) is 37.1 Å². The zero-order valence-corrected chi connectivity index (χ0v) is 13.0. The van der Waals surface area contributed by atoms with Crippen LogP contribution in [0.15, 0.2) is 29.2 Å². The second-order valence-corrected chi connectivity index (χ2v) is 6.01. The van der Waals surface area contributed by atoms with Gasteiger partial charge in [-0.3, -0.25) is 4.79 Å². The number of benzene rings is 1. The average Bonchev–Trinajstić information content (AvgIpc) is 2.42. The Balaban J connectivity index is 2.39. The van der Waals surface area contributed by atoms with Gasteiger partial charge in [0.15, 0.2) is 0 Å². The fourth-order valence-corrected chi connectivity index (χ4v) is 2.84. The first-order chi connectivity index (χ1) is 9.01. The molecule has 3 nitrogen and oxygen atoms in total. The lowest BCUT2D eigenvalue weighted by molar-refractivity contribution is -0.148. The number of methoxy groups -OCH3 is 1. The van der Waals surface area contributed by atoms with E-state index in [1.165, 1.54) is 17.6 Å². The van der Waals surface area contributed by atoms with Crippen molar-refractivity contribution >= 4 is 17.7 Å². The standard InChI is InChI=1S/C15H23NO2S/c1-12-7-5-8-13(11-12)19-10-6-9-15(2,16-3)14(17)18-4/h5,7-8,11,16H,6,9-10H2,1-4H3. The maximum Gasteiger partial charge on any atom is 0.325 e. The second-order valence-electron chi connectivity index (χ2n) is 4.84. The van der Waals surface area contributed by atoms with Crippen molar-refractivity contribution in [2.75, 3.05) is 19.9 Å². The molecule has 106 valence electrons. The van der Waals surface area contributed by atoms with E-state index in [0.29, 0.717) is 0 Å². The topological polar surface area (TPSA) is 38.3 Å². The van der Waals surface area contributed by atoms with Crippen LogP contribution in [-0.4, -0.2) is 31.4 Å². The molecule has 1 atom stereocenters. The molecule has 0 heterocycles. The van der Waals surface area contributed by atoms with Crippen molar-refractivity contribution < 1.29 is 9.53 Å². The zero-order valence-electron chi connectivity index (χ0n) is 12.2. The summed E-state index contributed by atoms with van der Waals surface area (Å²) in [6.07, 6.45) is 1.74. The second kappa shape index (κ2) is 7.56. The molecule has 1 aromatic rings. The number of carbonyl (C=O) groups is 1. The van der Waals surface area contributed by atoms with Gasteiger partial charge >= 0.3 is 5.97 Å². The number of rotatable bonds is 7. The Morgan fingerprint density at radius 2 is 2.21 bits per heavy atom. The normalized spacial score (nSPS) is 13.9. The van der Waals surface area contributed by atoms with Crippen LogP contribution in [0.25, 0.3) is 0 Å². The molecule has 1 N–H and O–H groups in total. The van der Waals surface area contributed by atoms with E-state index in [-0.39, 0.29) is 5.97 Å². The van der Waals surface area contributed by atoms with Crippen LogP contribution in [0.3, 0.4) is 0 Å². The number of aryl methyl sites for hydroxylation is 1. The van der Waals surface area contributed by atoms with Gasteiger partial charge in [-0.15, -0.1) is 11.8 Å². The van der Waals surface area contributed by atoms with Crippen LogP contribution in [0.1, 0.15) is 25.3 Å². The van der Waals surface area contributed by atoms with Gasteiger partial charge < -0.3 is 10.1 Å². The third-order valence-corrected chi connectivity index (χ3v) is 4.35. The number of carbonyl (C=O) groups excluding carboxylic acids is 1. The number of nitrogens with one attached hydrogen (secondary N) is 1. The summed E-state index contributed by atoms with van der Waals surface area (Å²) in [5, 5.41) is 3.05. The molecule has 0 aliphatic carbocycles. The van der Waals surface area contributed by atoms with Crippen molar-refractivity contribution in [3.63, 3.8) is 0 Å². The molecule has 0 amide bonds. The summed E-state index contributed by atoms with van der Waals surface area (Å²) in [6, 6.07) is 8.47. The van der Waals surface area contributed by atoms with Gasteiger partial charge in [0.1, 0.15) is 5.54 Å². The average molecular weight is 281 g/mol. The molecule has 0 saturated carbocycles. The maximum atomic E-state index is 11.7. The molecule has 4 heteroatoms. The minimum atomic E-state index is -0.581. The van der Waals surface area contributed by atoms with Crippen molar-refractivity contribution in [2.24, 2.45) is 0 Å². The summed E-state index contributed by atoms with van der Waals surface area (Å²) in [4.78, 5) is 13.0. The summed E-state index contributed by atoms with van der Waals surface area (Å²) in [5.41, 5.74) is 0.696. The quantitative estimate of drug-likeness (QED) is 0.474. The van der Waals surface area contributed by atoms with E-state index in [0.717, 1.165) is 18.6 Å². The Labute approximate surface area is 120 Å². The van der Waals surface area contributed by atoms with Crippen LogP contribution in [0.4, 0.5) is 0 Å². The van der Waals surface area contributed by atoms with Gasteiger partial charge in [-0.1, -0.05) is 17.7 Å². The first-order valence-electron chi connectivity index (χ1n) is 6.48. The van der Waals surface area contributed by atoms with E-state index < -0.39 is 5.54 Å². The molecule has 0 saturated heterocycles. The number of ether oxygens (including phenoxy) is 1. The smallest absolute Gasteiger partial charge is 0.325 e. The number of hydrogen-bond acceptors (Lipinski definition) is 4. The maximum absolute atomic E-state index is 11.7. The van der Waals surface area contributed by atoms with Crippen LogP contribution < -0.4 is 5.32 Å². The first kappa shape index (κ1) is 16.1. The lowest BCUT2D eigenvalue weighted by atomic mass is 9.97. The van der Waals surface area contributed by atoms with Crippen molar-refractivity contribution in [1.82, 2.24) is 5.32 Å². The van der Waals surface area contributed by atoms with Crippen LogP contribution in [-0.2, 0) is 9.53 Å². The van der Waals surface area contributed by atoms with Crippen LogP contribution in [0.5, 0.6) is 0 Å². The lowest BCUT2D eigenvalue weighted by Gasteiger charge is -2.25. The predicted molar refractivity (Wildman–Crippen MR) is 80.6 cm³/mol. The van der Waals surface area contributed by atoms with E-state index in [9.17, 15) is 4.79 Å². The first-order valence-corrected chi connectivity index (χ1v) is 7.47. The van der Waals surface area contributed by atoms with Gasteiger partial charge in [0.05, 0.1) is 7.11 Å². The van der Waals surface area contributed by atoms with E-state index in [2.05, 4.69) is 36.5 Å². The summed E-state index contributed by atoms with van der Waals surface area (Å²) in [5.74, 6) is 0.799. The van der Waals surface area contributed by atoms with E-state index in [1.807, 2.05) is 18.7 Å². The number of esters is 1. The van der Waals surface area contributed by atoms with Gasteiger partial charge in [0.25, 0.3) is 0 Å². The van der Waals surface area contributed by atoms with Gasteiger partial charge in [0, 0.05) is 4.90 Å². The minimum Gasteiger partial charge on any atom is -0.468 e. The monoisotopic (exact) mass is 281 g/mol. The Kier molecular flexibility index (Phi) is 6.38. The molecule has 1 aromatic carbocycles. The van der Waals surface area contributed by atoms with Crippen molar-refractivity contribution in [3.8, 4) is 0 Å². The van der Waals surface area contributed by atoms with Crippen LogP contribution >= 0.6 is 11.8 Å². The molecule has 0 aliphatic heterocycles. The molecule has 19 heavy (non-hydrogen) atoms. The largest absolute Gasteiger partial charge is 0.468 e. The van der Waals surface area contributed by atoms with Gasteiger partial charge in [-0.25, -0.2) is 0 Å². The SMILES string of the molecule is CNC(C)(CCCSc1cccc(C)c1)C(=O)OC. The predicted octanol–water partition coefficient (Wildman–Crippen LogP) is 3.02. The molecule has 0 aliphatic rings. The fourth-order valence-electron chi connectivity index (χ4n) is 1.88. The van der Waals surface area contributed by atoms with Gasteiger partial charge in [-0.2, -0.15) is 0 Å². The molecule has 0 radical (unpaired) electrons. The van der Waals surface area contributed by atoms with E-state index in [1.54, 1.807) is 7.05 Å². The van der Waals surface area contributed by atoms with Crippen LogP contribution in [0.2, 0.25) is 0 Å². The number of likely N-dealkylation sites (N-methyl/N-ethyl adjacent to an activating group) is 1. The van der Waals surface area contributed by atoms with E-state index in [4.69, 9.17) is 4.74 Å². The number of thioether (sulfide) groups is 1. The highest BCUT2D eigenvalue weighted by molar-refractivity contribution is 7.99. The zero-order chi connectivity index (χ0) is 14.3. The lowest BCUT2D eigenvalue weighted by Crippen LogP contribution is -2.48. The molecule has 0 spiro atoms. The molecule has 0 bridgehead atoms. The highest BCUT2D eigenvalue weighted by Gasteiger charge is 2.31. The van der Waals surface area contributed by atoms with E-state index >= 15 is 0 Å². The summed E-state index contributed by atoms with van der Waals surface area (Å²) in [6.45, 7) is 3.98. The highest BCUT2D eigenvalue weighted by atomic mass is 32.2. The summed E-state index contributed by atoms with van der Waals surface area (Å²) in [7, 11) is 3.23. The number of hydrogen-bond donors (Lipinski definition) is 1. The third kappa shape index (κ3) is 4.88. The Morgan fingerprint density at radius 3 is 2.79 bits per heavy atom. The van der Waals surface area contributed by atoms with Gasteiger partial charge in [-0.05, 0) is 51.6 Å². The molecular formula is C15H23NO2S. The summed E-state index contributed by atoms with van der Waals surface area (Å²) >= 11 is 1.83. The third-order valence-electron chi connectivity index (χ3n) is 3.27. The fraction of sp³-hybridized carbons (Fsp3) is 0.533. The molecule has 0 fully saturated rings. The Bertz CT molecular complexity index is 422. The van der Waals surface area contributed by atoms with Crippen LogP contribution in [0, 0.1) is 6.92 Å². The molecule has 0 aromatic heterocycles. The molecular weight excluding hydrogens is 258 g/mol. The molecule has 1 unspecified atom stereocenters. The Hall–Kier alpha value is -1.00. The summed E-state index contributed by atoms with van der Waals surface area (Å²) < 4.78 is 4.83. The molecule has 1 rings (SSSR count). The van der Waals surface area contributed by atoms with Crippen molar-refractivity contribution in [1.29, 1.82) is 0 Å². The minimum absolute atomic E-state index is 0.199. The Morgan fingerprint density at radius 1 is 1.47 bits per heavy atom.